The maximum Gasteiger partial charge on any atom is 0.335 e. The SMILES string of the molecule is C=C(C)[C@@H]1CC[C@]2(COC(=O)[C@H](O)CC(=O)OCC)CC[C@]3(C)[C@H](CC[C@@H]4[C@]5(C)CC[C@H](OC(=O)/C=C/c6ccc(O)cc6)C(C)(C)[C@@H]5CC[C@]43C)[C@H]12. The number of aliphatic hydroxyl groups excluding tert-OH is 1. The number of esters is 3. The quantitative estimate of drug-likeness (QED) is 0.106. The van der Waals surface area contributed by atoms with Crippen LogP contribution >= 0.6 is 0 Å². The first-order valence-electron chi connectivity index (χ1n) is 20.3. The number of rotatable bonds is 10. The number of benzene rings is 1. The molecule has 53 heavy (non-hydrogen) atoms. The van der Waals surface area contributed by atoms with E-state index in [-0.39, 0.29) is 58.1 Å². The van der Waals surface area contributed by atoms with Crippen LogP contribution in [-0.4, -0.2) is 53.5 Å². The number of ether oxygens (including phenoxy) is 3. The zero-order valence-corrected chi connectivity index (χ0v) is 33.2. The fourth-order valence-electron chi connectivity index (χ4n) is 13.4. The number of hydrogen-bond acceptors (Lipinski definition) is 8. The molecular weight excluding hydrogens is 668 g/mol. The fraction of sp³-hybridized carbons (Fsp3) is 0.711. The van der Waals surface area contributed by atoms with Crippen LogP contribution in [0, 0.1) is 56.7 Å². The number of phenolic OH excluding ortho intramolecular Hbond substituents is 1. The first kappa shape index (κ1) is 39.6. The maximum atomic E-state index is 13.1. The lowest BCUT2D eigenvalue weighted by Gasteiger charge is -2.73. The molecule has 2 N–H and O–H groups in total. The van der Waals surface area contributed by atoms with Gasteiger partial charge in [0.05, 0.1) is 19.6 Å². The molecule has 8 nitrogen and oxygen atoms in total. The van der Waals surface area contributed by atoms with Gasteiger partial charge in [-0.15, -0.1) is 0 Å². The minimum atomic E-state index is -1.52. The van der Waals surface area contributed by atoms with Crippen LogP contribution in [-0.2, 0) is 28.6 Å². The van der Waals surface area contributed by atoms with Gasteiger partial charge in [0.15, 0.2) is 6.10 Å². The zero-order valence-electron chi connectivity index (χ0n) is 33.2. The monoisotopic (exact) mass is 732 g/mol. The molecule has 0 bridgehead atoms. The number of aromatic hydroxyl groups is 1. The van der Waals surface area contributed by atoms with Crippen LogP contribution in [0.3, 0.4) is 0 Å². The molecule has 0 aromatic heterocycles. The molecule has 0 saturated heterocycles. The van der Waals surface area contributed by atoms with Crippen molar-refractivity contribution in [3.8, 4) is 5.75 Å². The van der Waals surface area contributed by atoms with E-state index in [0.29, 0.717) is 29.6 Å². The average Bonchev–Trinajstić information content (AvgIpc) is 3.49. The van der Waals surface area contributed by atoms with Gasteiger partial charge in [0.25, 0.3) is 0 Å². The summed E-state index contributed by atoms with van der Waals surface area (Å²) in [6.07, 6.45) is 11.7. The van der Waals surface area contributed by atoms with E-state index in [1.54, 1.807) is 37.3 Å². The van der Waals surface area contributed by atoms with Crippen LogP contribution in [0.25, 0.3) is 6.08 Å². The molecular formula is C45H64O8. The molecule has 5 saturated carbocycles. The molecule has 1 aromatic rings. The Hall–Kier alpha value is -3.13. The van der Waals surface area contributed by atoms with E-state index >= 15 is 0 Å². The van der Waals surface area contributed by atoms with Crippen LogP contribution in [0.1, 0.15) is 125 Å². The average molecular weight is 733 g/mol. The molecule has 1 aromatic carbocycles. The van der Waals surface area contributed by atoms with E-state index in [1.807, 2.05) is 0 Å². The van der Waals surface area contributed by atoms with E-state index in [2.05, 4.69) is 48.1 Å². The minimum Gasteiger partial charge on any atom is -0.508 e. The molecule has 5 aliphatic carbocycles. The van der Waals surface area contributed by atoms with Gasteiger partial charge in [0.2, 0.25) is 0 Å². The molecule has 0 radical (unpaired) electrons. The summed E-state index contributed by atoms with van der Waals surface area (Å²) in [4.78, 5) is 38.0. The lowest BCUT2D eigenvalue weighted by atomic mass is 9.32. The van der Waals surface area contributed by atoms with Gasteiger partial charge >= 0.3 is 17.9 Å². The molecule has 0 aliphatic heterocycles. The topological polar surface area (TPSA) is 119 Å². The summed E-state index contributed by atoms with van der Waals surface area (Å²) in [6, 6.07) is 6.77. The molecule has 0 unspecified atom stereocenters. The highest BCUT2D eigenvalue weighted by molar-refractivity contribution is 5.87. The van der Waals surface area contributed by atoms with E-state index < -0.39 is 24.5 Å². The summed E-state index contributed by atoms with van der Waals surface area (Å²) >= 11 is 0. The number of phenols is 1. The Morgan fingerprint density at radius 1 is 0.887 bits per heavy atom. The largest absolute Gasteiger partial charge is 0.508 e. The maximum absolute atomic E-state index is 13.1. The van der Waals surface area contributed by atoms with Gasteiger partial charge in [-0.2, -0.15) is 0 Å². The standard InChI is InChI=1S/C45H64O8/c1-9-51-38(49)26-33(47)40(50)52-27-45-23-18-31(28(2)3)39(45)32-15-16-35-42(6)21-20-36(53-37(48)17-12-29-10-13-30(46)14-11-29)41(4,5)34(42)19-22-44(35,8)43(32,7)24-25-45/h10-14,17,31-36,39,46-47H,2,9,15-16,18-27H2,1,3-8H3/b17-12+/t31-,32+,33+,34-,35+,36-,39-,42+,43+,44+,45+/m0/s1. The van der Waals surface area contributed by atoms with Crippen LogP contribution in [0.2, 0.25) is 0 Å². The highest BCUT2D eigenvalue weighted by atomic mass is 16.6. The number of carbonyl (C=O) groups is 3. The van der Waals surface area contributed by atoms with Crippen molar-refractivity contribution in [1.29, 1.82) is 0 Å². The number of carbonyl (C=O) groups excluding carboxylic acids is 3. The Kier molecular flexibility index (Phi) is 10.8. The third kappa shape index (κ3) is 6.78. The molecule has 292 valence electrons. The van der Waals surface area contributed by atoms with Gasteiger partial charge in [-0.25, -0.2) is 9.59 Å². The number of hydrogen-bond donors (Lipinski definition) is 2. The van der Waals surface area contributed by atoms with Crippen molar-refractivity contribution in [2.24, 2.45) is 56.7 Å². The Balaban J connectivity index is 1.19. The summed E-state index contributed by atoms with van der Waals surface area (Å²) in [6.45, 7) is 21.2. The van der Waals surface area contributed by atoms with Gasteiger partial charge in [-0.3, -0.25) is 4.79 Å². The number of fused-ring (bicyclic) bond motifs is 7. The molecule has 0 amide bonds. The van der Waals surface area contributed by atoms with Crippen molar-refractivity contribution in [3.63, 3.8) is 0 Å². The lowest BCUT2D eigenvalue weighted by Crippen LogP contribution is -2.67. The smallest absolute Gasteiger partial charge is 0.335 e. The highest BCUT2D eigenvalue weighted by Crippen LogP contribution is 2.77. The Morgan fingerprint density at radius 2 is 1.60 bits per heavy atom. The van der Waals surface area contributed by atoms with Crippen molar-refractivity contribution in [1.82, 2.24) is 0 Å². The summed E-state index contributed by atoms with van der Waals surface area (Å²) in [5.41, 5.74) is 2.07. The minimum absolute atomic E-state index is 0.107. The number of aliphatic hydroxyl groups is 1. The van der Waals surface area contributed by atoms with Crippen LogP contribution in [0.15, 0.2) is 42.5 Å². The Bertz CT molecular complexity index is 1600. The van der Waals surface area contributed by atoms with Crippen molar-refractivity contribution < 1.29 is 38.8 Å². The van der Waals surface area contributed by atoms with Gasteiger partial charge < -0.3 is 24.4 Å². The predicted molar refractivity (Wildman–Crippen MR) is 204 cm³/mol. The van der Waals surface area contributed by atoms with Gasteiger partial charge in [-0.1, -0.05) is 58.9 Å². The summed E-state index contributed by atoms with van der Waals surface area (Å²) in [7, 11) is 0. The van der Waals surface area contributed by atoms with Crippen molar-refractivity contribution in [2.45, 2.75) is 131 Å². The molecule has 5 fully saturated rings. The van der Waals surface area contributed by atoms with Crippen LogP contribution in [0.4, 0.5) is 0 Å². The predicted octanol–water partition coefficient (Wildman–Crippen LogP) is 8.83. The van der Waals surface area contributed by atoms with Crippen molar-refractivity contribution in [2.75, 3.05) is 13.2 Å². The summed E-state index contributed by atoms with van der Waals surface area (Å²) < 4.78 is 17.1. The Labute approximate surface area is 317 Å². The molecule has 11 atom stereocenters. The lowest BCUT2D eigenvalue weighted by molar-refractivity contribution is -0.251. The molecule has 5 aliphatic rings. The van der Waals surface area contributed by atoms with Crippen LogP contribution < -0.4 is 0 Å². The molecule has 8 heteroatoms. The van der Waals surface area contributed by atoms with Crippen molar-refractivity contribution in [3.05, 3.63) is 48.1 Å². The fourth-order valence-corrected chi connectivity index (χ4v) is 13.4. The summed E-state index contributed by atoms with van der Waals surface area (Å²) in [5.74, 6) is 0.691. The second-order valence-corrected chi connectivity index (χ2v) is 18.9. The first-order chi connectivity index (χ1) is 24.9. The molecule has 0 heterocycles. The third-order valence-electron chi connectivity index (χ3n) is 16.2. The van der Waals surface area contributed by atoms with E-state index in [9.17, 15) is 24.6 Å². The second-order valence-electron chi connectivity index (χ2n) is 18.9. The summed E-state index contributed by atoms with van der Waals surface area (Å²) in [5, 5.41) is 20.1. The van der Waals surface area contributed by atoms with Gasteiger partial charge in [0.1, 0.15) is 11.9 Å². The second kappa shape index (κ2) is 14.5. The third-order valence-corrected chi connectivity index (χ3v) is 16.2. The van der Waals surface area contributed by atoms with Crippen molar-refractivity contribution >= 4 is 24.0 Å². The Morgan fingerprint density at radius 3 is 2.28 bits per heavy atom. The molecule has 6 rings (SSSR count). The van der Waals surface area contributed by atoms with E-state index in [0.717, 1.165) is 69.8 Å². The van der Waals surface area contributed by atoms with Gasteiger partial charge in [-0.05, 0) is 148 Å². The van der Waals surface area contributed by atoms with Crippen LogP contribution in [0.5, 0.6) is 5.75 Å². The van der Waals surface area contributed by atoms with E-state index in [4.69, 9.17) is 14.2 Å². The number of allylic oxidation sites excluding steroid dienone is 1. The van der Waals surface area contributed by atoms with Gasteiger partial charge in [0, 0.05) is 16.9 Å². The first-order valence-corrected chi connectivity index (χ1v) is 20.3. The van der Waals surface area contributed by atoms with E-state index in [1.165, 1.54) is 11.6 Å². The molecule has 0 spiro atoms. The highest BCUT2D eigenvalue weighted by Gasteiger charge is 2.71. The zero-order chi connectivity index (χ0) is 38.6. The normalized spacial score (nSPS) is 39.1.